The average molecular weight is 277 g/mol. The van der Waals surface area contributed by atoms with Gasteiger partial charge < -0.3 is 9.47 Å². The van der Waals surface area contributed by atoms with Crippen LogP contribution in [0.4, 0.5) is 0 Å². The van der Waals surface area contributed by atoms with Crippen molar-refractivity contribution < 1.29 is 14.3 Å². The standard InChI is InChI=1S/C15H13ClO3/c1-18-12-7-8-14(16)13(9-12)15(17)10-19-11-5-3-2-4-6-11/h2-9H,10H2,1H3. The molecule has 0 saturated heterocycles. The molecule has 0 unspecified atom stereocenters. The van der Waals surface area contributed by atoms with E-state index in [1.165, 1.54) is 7.11 Å². The van der Waals surface area contributed by atoms with Crippen LogP contribution in [0.15, 0.2) is 48.5 Å². The number of hydrogen-bond donors (Lipinski definition) is 0. The number of carbonyl (C=O) groups is 1. The van der Waals surface area contributed by atoms with Crippen LogP contribution in [0.3, 0.4) is 0 Å². The fraction of sp³-hybridized carbons (Fsp3) is 0.133. The minimum absolute atomic E-state index is 0.0586. The van der Waals surface area contributed by atoms with Crippen molar-refractivity contribution in [3.63, 3.8) is 0 Å². The van der Waals surface area contributed by atoms with Crippen molar-refractivity contribution in [3.05, 3.63) is 59.1 Å². The molecule has 0 amide bonds. The van der Waals surface area contributed by atoms with Gasteiger partial charge in [-0.3, -0.25) is 4.79 Å². The Morgan fingerprint density at radius 3 is 2.53 bits per heavy atom. The summed E-state index contributed by atoms with van der Waals surface area (Å²) in [7, 11) is 1.54. The van der Waals surface area contributed by atoms with Gasteiger partial charge in [0.05, 0.1) is 12.1 Å². The lowest BCUT2D eigenvalue weighted by molar-refractivity contribution is 0.0921. The van der Waals surface area contributed by atoms with Gasteiger partial charge >= 0.3 is 0 Å². The number of halogens is 1. The summed E-state index contributed by atoms with van der Waals surface area (Å²) in [5.41, 5.74) is 0.400. The van der Waals surface area contributed by atoms with E-state index in [2.05, 4.69) is 0 Å². The monoisotopic (exact) mass is 276 g/mol. The van der Waals surface area contributed by atoms with E-state index in [0.29, 0.717) is 22.1 Å². The van der Waals surface area contributed by atoms with Crippen molar-refractivity contribution in [1.82, 2.24) is 0 Å². The molecule has 2 aromatic carbocycles. The van der Waals surface area contributed by atoms with Gasteiger partial charge in [-0.1, -0.05) is 29.8 Å². The number of hydrogen-bond acceptors (Lipinski definition) is 3. The van der Waals surface area contributed by atoms with Crippen molar-refractivity contribution in [3.8, 4) is 11.5 Å². The molecule has 4 heteroatoms. The van der Waals surface area contributed by atoms with E-state index >= 15 is 0 Å². The highest BCUT2D eigenvalue weighted by Gasteiger charge is 2.12. The first-order valence-electron chi connectivity index (χ1n) is 5.75. The molecule has 0 aliphatic carbocycles. The number of Topliss-reactive ketones (excluding diaryl/α,β-unsaturated/α-hetero) is 1. The first-order valence-corrected chi connectivity index (χ1v) is 6.13. The molecule has 0 bridgehead atoms. The van der Waals surface area contributed by atoms with E-state index < -0.39 is 0 Å². The quantitative estimate of drug-likeness (QED) is 0.783. The lowest BCUT2D eigenvalue weighted by Crippen LogP contribution is -2.12. The van der Waals surface area contributed by atoms with Crippen LogP contribution in [0.25, 0.3) is 0 Å². The number of para-hydroxylation sites is 1. The number of carbonyl (C=O) groups excluding carboxylic acids is 1. The minimum atomic E-state index is -0.187. The van der Waals surface area contributed by atoms with E-state index in [0.717, 1.165) is 0 Å². The average Bonchev–Trinajstić information content (AvgIpc) is 2.46. The molecule has 0 heterocycles. The normalized spacial score (nSPS) is 10.0. The molecule has 0 spiro atoms. The first kappa shape index (κ1) is 13.4. The molecule has 3 nitrogen and oxygen atoms in total. The lowest BCUT2D eigenvalue weighted by Gasteiger charge is -2.08. The van der Waals surface area contributed by atoms with Crippen molar-refractivity contribution in [2.45, 2.75) is 0 Å². The summed E-state index contributed by atoms with van der Waals surface area (Å²) in [4.78, 5) is 12.0. The topological polar surface area (TPSA) is 35.5 Å². The van der Waals surface area contributed by atoms with Crippen LogP contribution in [-0.4, -0.2) is 19.5 Å². The molecule has 0 N–H and O–H groups in total. The zero-order valence-electron chi connectivity index (χ0n) is 10.4. The summed E-state index contributed by atoms with van der Waals surface area (Å²) in [6, 6.07) is 14.1. The number of ether oxygens (including phenoxy) is 2. The first-order chi connectivity index (χ1) is 9.20. The largest absolute Gasteiger partial charge is 0.497 e. The van der Waals surface area contributed by atoms with Gasteiger partial charge in [-0.05, 0) is 30.3 Å². The molecule has 0 aliphatic heterocycles. The Bertz CT molecular complexity index is 567. The maximum Gasteiger partial charge on any atom is 0.201 e. The van der Waals surface area contributed by atoms with Gasteiger partial charge in [0.1, 0.15) is 11.5 Å². The third-order valence-electron chi connectivity index (χ3n) is 2.59. The molecule has 0 aliphatic rings. The van der Waals surface area contributed by atoms with Crippen molar-refractivity contribution in [2.75, 3.05) is 13.7 Å². The minimum Gasteiger partial charge on any atom is -0.497 e. The number of benzene rings is 2. The summed E-state index contributed by atoms with van der Waals surface area (Å²) in [5.74, 6) is 1.05. The zero-order chi connectivity index (χ0) is 13.7. The third kappa shape index (κ3) is 3.48. The highest BCUT2D eigenvalue weighted by molar-refractivity contribution is 6.34. The molecule has 2 rings (SSSR count). The van der Waals surface area contributed by atoms with Gasteiger partial charge in [0, 0.05) is 5.56 Å². The smallest absolute Gasteiger partial charge is 0.201 e. The summed E-state index contributed by atoms with van der Waals surface area (Å²) in [5, 5.41) is 0.391. The number of methoxy groups -OCH3 is 1. The summed E-state index contributed by atoms with van der Waals surface area (Å²) >= 11 is 6.00. The predicted octanol–water partition coefficient (Wildman–Crippen LogP) is 3.61. The van der Waals surface area contributed by atoms with Crippen LogP contribution >= 0.6 is 11.6 Å². The van der Waals surface area contributed by atoms with Crippen LogP contribution < -0.4 is 9.47 Å². The molecular weight excluding hydrogens is 264 g/mol. The van der Waals surface area contributed by atoms with E-state index in [1.807, 2.05) is 18.2 Å². The van der Waals surface area contributed by atoms with Crippen LogP contribution in [0.1, 0.15) is 10.4 Å². The fourth-order valence-electron chi connectivity index (χ4n) is 1.59. The number of rotatable bonds is 5. The van der Waals surface area contributed by atoms with Crippen LogP contribution in [0.2, 0.25) is 5.02 Å². The Morgan fingerprint density at radius 1 is 1.11 bits per heavy atom. The van der Waals surface area contributed by atoms with Gasteiger partial charge in [-0.2, -0.15) is 0 Å². The maximum atomic E-state index is 12.0. The Balaban J connectivity index is 2.08. The zero-order valence-corrected chi connectivity index (χ0v) is 11.2. The molecule has 0 aromatic heterocycles. The highest BCUT2D eigenvalue weighted by Crippen LogP contribution is 2.22. The van der Waals surface area contributed by atoms with Crippen LogP contribution in [0, 0.1) is 0 Å². The van der Waals surface area contributed by atoms with E-state index in [1.54, 1.807) is 30.3 Å². The number of ketones is 1. The molecule has 0 radical (unpaired) electrons. The van der Waals surface area contributed by atoms with Crippen molar-refractivity contribution >= 4 is 17.4 Å². The summed E-state index contributed by atoms with van der Waals surface area (Å²) in [6.07, 6.45) is 0. The van der Waals surface area contributed by atoms with Crippen LogP contribution in [0.5, 0.6) is 11.5 Å². The second-order valence-corrected chi connectivity index (χ2v) is 4.28. The molecule has 2 aromatic rings. The van der Waals surface area contributed by atoms with E-state index in [4.69, 9.17) is 21.1 Å². The summed E-state index contributed by atoms with van der Waals surface area (Å²) in [6.45, 7) is -0.0586. The van der Waals surface area contributed by atoms with Crippen molar-refractivity contribution in [1.29, 1.82) is 0 Å². The third-order valence-corrected chi connectivity index (χ3v) is 2.92. The highest BCUT2D eigenvalue weighted by atomic mass is 35.5. The second kappa shape index (κ2) is 6.25. The van der Waals surface area contributed by atoms with Crippen molar-refractivity contribution in [2.24, 2.45) is 0 Å². The predicted molar refractivity (Wildman–Crippen MR) is 74.3 cm³/mol. The molecule has 19 heavy (non-hydrogen) atoms. The second-order valence-electron chi connectivity index (χ2n) is 3.87. The molecular formula is C15H13ClO3. The van der Waals surface area contributed by atoms with Crippen LogP contribution in [-0.2, 0) is 0 Å². The van der Waals surface area contributed by atoms with Gasteiger partial charge in [-0.25, -0.2) is 0 Å². The Morgan fingerprint density at radius 2 is 1.84 bits per heavy atom. The molecule has 0 saturated carbocycles. The molecule has 0 fully saturated rings. The Hall–Kier alpha value is -2.00. The maximum absolute atomic E-state index is 12.0. The van der Waals surface area contributed by atoms with Gasteiger partial charge in [0.25, 0.3) is 0 Å². The van der Waals surface area contributed by atoms with Gasteiger partial charge in [0.15, 0.2) is 6.61 Å². The lowest BCUT2D eigenvalue weighted by atomic mass is 10.1. The van der Waals surface area contributed by atoms with E-state index in [9.17, 15) is 4.79 Å². The van der Waals surface area contributed by atoms with E-state index in [-0.39, 0.29) is 12.4 Å². The van der Waals surface area contributed by atoms with Gasteiger partial charge in [0.2, 0.25) is 5.78 Å². The fourth-order valence-corrected chi connectivity index (χ4v) is 1.81. The SMILES string of the molecule is COc1ccc(Cl)c(C(=O)COc2ccccc2)c1. The summed E-state index contributed by atoms with van der Waals surface area (Å²) < 4.78 is 10.5. The Labute approximate surface area is 116 Å². The van der Waals surface area contributed by atoms with Gasteiger partial charge in [-0.15, -0.1) is 0 Å². The Kier molecular flexibility index (Phi) is 4.42. The molecule has 98 valence electrons. The molecule has 0 atom stereocenters.